The van der Waals surface area contributed by atoms with Crippen LogP contribution >= 0.6 is 0 Å². The zero-order chi connectivity index (χ0) is 9.84. The molecule has 0 saturated carbocycles. The number of aryl methyl sites for hydroxylation is 1. The van der Waals surface area contributed by atoms with E-state index in [1.165, 1.54) is 5.56 Å². The van der Waals surface area contributed by atoms with E-state index in [-0.39, 0.29) is 5.56 Å². The predicted octanol–water partition coefficient (Wildman–Crippen LogP) is 2.07. The predicted molar refractivity (Wildman–Crippen MR) is 54.9 cm³/mol. The molecule has 0 aliphatic heterocycles. The minimum atomic E-state index is 0.0926. The molecule has 0 saturated heterocycles. The fourth-order valence-corrected chi connectivity index (χ4v) is 1.42. The third-order valence-corrected chi connectivity index (χ3v) is 2.03. The van der Waals surface area contributed by atoms with Crippen LogP contribution in [0.4, 0.5) is 0 Å². The van der Waals surface area contributed by atoms with Gasteiger partial charge >= 0.3 is 0 Å². The first kappa shape index (κ1) is 10.0. The lowest BCUT2D eigenvalue weighted by molar-refractivity contribution is 0.633. The first-order chi connectivity index (χ1) is 6.13. The van der Waals surface area contributed by atoms with Gasteiger partial charge in [0, 0.05) is 18.8 Å². The van der Waals surface area contributed by atoms with Crippen molar-refractivity contribution < 1.29 is 0 Å². The van der Waals surface area contributed by atoms with Crippen LogP contribution in [0.5, 0.6) is 0 Å². The highest BCUT2D eigenvalue weighted by Gasteiger charge is 1.99. The van der Waals surface area contributed by atoms with Gasteiger partial charge in [0.25, 0.3) is 5.56 Å². The molecule has 1 aromatic heterocycles. The second-order valence-electron chi connectivity index (χ2n) is 3.76. The zero-order valence-electron chi connectivity index (χ0n) is 8.58. The van der Waals surface area contributed by atoms with Crippen molar-refractivity contribution in [2.45, 2.75) is 33.7 Å². The molecule has 0 fully saturated rings. The summed E-state index contributed by atoms with van der Waals surface area (Å²) in [6.45, 7) is 7.11. The third-order valence-electron chi connectivity index (χ3n) is 2.03. The highest BCUT2D eigenvalue weighted by Crippen LogP contribution is 2.05. The van der Waals surface area contributed by atoms with E-state index in [1.807, 2.05) is 19.2 Å². The van der Waals surface area contributed by atoms with Crippen LogP contribution in [0.3, 0.4) is 0 Å². The number of rotatable bonds is 3. The minimum absolute atomic E-state index is 0.0926. The molecule has 0 atom stereocenters. The molecule has 2 heteroatoms. The maximum Gasteiger partial charge on any atom is 0.250 e. The van der Waals surface area contributed by atoms with Crippen molar-refractivity contribution in [3.63, 3.8) is 0 Å². The van der Waals surface area contributed by atoms with Gasteiger partial charge in [-0.1, -0.05) is 19.9 Å². The molecule has 0 radical (unpaired) electrons. The summed E-state index contributed by atoms with van der Waals surface area (Å²) in [7, 11) is 0. The van der Waals surface area contributed by atoms with E-state index in [1.54, 1.807) is 10.6 Å². The quantitative estimate of drug-likeness (QED) is 0.696. The van der Waals surface area contributed by atoms with Crippen molar-refractivity contribution in [2.24, 2.45) is 5.92 Å². The summed E-state index contributed by atoms with van der Waals surface area (Å²) in [5.41, 5.74) is 1.34. The van der Waals surface area contributed by atoms with Crippen LogP contribution in [-0.4, -0.2) is 4.57 Å². The van der Waals surface area contributed by atoms with Gasteiger partial charge in [0.15, 0.2) is 0 Å². The Bertz CT molecular complexity index is 325. The molecular weight excluding hydrogens is 162 g/mol. The lowest BCUT2D eigenvalue weighted by atomic mass is 10.1. The van der Waals surface area contributed by atoms with Gasteiger partial charge in [-0.3, -0.25) is 4.79 Å². The molecule has 0 aliphatic rings. The van der Waals surface area contributed by atoms with E-state index >= 15 is 0 Å². The summed E-state index contributed by atoms with van der Waals surface area (Å²) < 4.78 is 1.75. The van der Waals surface area contributed by atoms with Crippen molar-refractivity contribution in [3.05, 3.63) is 34.2 Å². The fourth-order valence-electron chi connectivity index (χ4n) is 1.42. The monoisotopic (exact) mass is 179 g/mol. The Morgan fingerprint density at radius 1 is 1.38 bits per heavy atom. The van der Waals surface area contributed by atoms with E-state index in [4.69, 9.17) is 0 Å². The summed E-state index contributed by atoms with van der Waals surface area (Å²) in [6.07, 6.45) is 3.00. The maximum absolute atomic E-state index is 11.3. The second-order valence-corrected chi connectivity index (χ2v) is 3.76. The summed E-state index contributed by atoms with van der Waals surface area (Å²) in [5, 5.41) is 0. The van der Waals surface area contributed by atoms with E-state index in [9.17, 15) is 4.79 Å². The summed E-state index contributed by atoms with van der Waals surface area (Å²) in [6, 6.07) is 3.58. The first-order valence-corrected chi connectivity index (χ1v) is 4.83. The highest BCUT2D eigenvalue weighted by molar-refractivity contribution is 5.10. The summed E-state index contributed by atoms with van der Waals surface area (Å²) >= 11 is 0. The van der Waals surface area contributed by atoms with E-state index < -0.39 is 0 Å². The maximum atomic E-state index is 11.3. The van der Waals surface area contributed by atoms with Crippen molar-refractivity contribution >= 4 is 0 Å². The molecule has 0 spiro atoms. The number of pyridine rings is 1. The lowest BCUT2D eigenvalue weighted by Crippen LogP contribution is -2.18. The number of hydrogen-bond acceptors (Lipinski definition) is 1. The Labute approximate surface area is 79.2 Å². The average Bonchev–Trinajstić information content (AvgIpc) is 2.07. The van der Waals surface area contributed by atoms with Gasteiger partial charge in [0.1, 0.15) is 0 Å². The van der Waals surface area contributed by atoms with Crippen molar-refractivity contribution in [1.82, 2.24) is 4.57 Å². The molecule has 0 N–H and O–H groups in total. The van der Waals surface area contributed by atoms with Crippen molar-refractivity contribution in [3.8, 4) is 0 Å². The van der Waals surface area contributed by atoms with Crippen LogP contribution in [0.2, 0.25) is 0 Å². The molecule has 0 aromatic carbocycles. The molecule has 13 heavy (non-hydrogen) atoms. The molecule has 1 aromatic rings. The zero-order valence-corrected chi connectivity index (χ0v) is 8.58. The van der Waals surface area contributed by atoms with Crippen LogP contribution in [0.1, 0.15) is 26.3 Å². The van der Waals surface area contributed by atoms with Gasteiger partial charge in [0.05, 0.1) is 0 Å². The molecule has 0 unspecified atom stereocenters. The van der Waals surface area contributed by atoms with Gasteiger partial charge in [0.2, 0.25) is 0 Å². The molecule has 1 heterocycles. The number of hydrogen-bond donors (Lipinski definition) is 0. The van der Waals surface area contributed by atoms with Crippen LogP contribution in [0.25, 0.3) is 0 Å². The van der Waals surface area contributed by atoms with E-state index in [0.717, 1.165) is 13.0 Å². The van der Waals surface area contributed by atoms with Crippen LogP contribution < -0.4 is 5.56 Å². The topological polar surface area (TPSA) is 22.0 Å². The van der Waals surface area contributed by atoms with Gasteiger partial charge in [-0.2, -0.15) is 0 Å². The molecule has 72 valence electrons. The van der Waals surface area contributed by atoms with Crippen molar-refractivity contribution in [1.29, 1.82) is 0 Å². The van der Waals surface area contributed by atoms with E-state index in [2.05, 4.69) is 13.8 Å². The largest absolute Gasteiger partial charge is 0.316 e. The molecule has 0 bridgehead atoms. The molecule has 2 nitrogen and oxygen atoms in total. The standard InChI is InChI=1S/C11H17NO/c1-4-12-8-10(7-9(2)3)5-6-11(12)13/h5-6,8-9H,4,7H2,1-3H3. The Morgan fingerprint density at radius 3 is 2.62 bits per heavy atom. The van der Waals surface area contributed by atoms with Gasteiger partial charge < -0.3 is 4.57 Å². The fraction of sp³-hybridized carbons (Fsp3) is 0.545. The van der Waals surface area contributed by atoms with Crippen LogP contribution in [-0.2, 0) is 13.0 Å². The molecule has 1 rings (SSSR count). The van der Waals surface area contributed by atoms with Crippen LogP contribution in [0, 0.1) is 5.92 Å². The summed E-state index contributed by atoms with van der Waals surface area (Å²) in [4.78, 5) is 11.3. The van der Waals surface area contributed by atoms with Gasteiger partial charge in [-0.05, 0) is 24.8 Å². The van der Waals surface area contributed by atoms with Crippen LogP contribution in [0.15, 0.2) is 23.1 Å². The molecular formula is C11H17NO. The normalized spacial score (nSPS) is 10.8. The van der Waals surface area contributed by atoms with Gasteiger partial charge in [-0.15, -0.1) is 0 Å². The average molecular weight is 179 g/mol. The minimum Gasteiger partial charge on any atom is -0.316 e. The van der Waals surface area contributed by atoms with Crippen molar-refractivity contribution in [2.75, 3.05) is 0 Å². The smallest absolute Gasteiger partial charge is 0.250 e. The lowest BCUT2D eigenvalue weighted by Gasteiger charge is -2.07. The summed E-state index contributed by atoms with van der Waals surface area (Å²) in [5.74, 6) is 0.641. The number of aromatic nitrogens is 1. The molecule has 0 amide bonds. The molecule has 0 aliphatic carbocycles. The SMILES string of the molecule is CCn1cc(CC(C)C)ccc1=O. The highest BCUT2D eigenvalue weighted by atomic mass is 16.1. The van der Waals surface area contributed by atoms with E-state index in [0.29, 0.717) is 5.92 Å². The number of nitrogens with zero attached hydrogens (tertiary/aromatic N) is 1. The Morgan fingerprint density at radius 2 is 2.08 bits per heavy atom. The van der Waals surface area contributed by atoms with Gasteiger partial charge in [-0.25, -0.2) is 0 Å². The third kappa shape index (κ3) is 2.72. The Kier molecular flexibility index (Phi) is 3.29. The second kappa shape index (κ2) is 4.26. The Hall–Kier alpha value is -1.05. The first-order valence-electron chi connectivity index (χ1n) is 4.83. The Balaban J connectivity index is 2.93.